The maximum absolute atomic E-state index is 9.73. The van der Waals surface area contributed by atoms with E-state index in [1.54, 1.807) is 0 Å². The van der Waals surface area contributed by atoms with Crippen molar-refractivity contribution in [2.75, 3.05) is 0 Å². The van der Waals surface area contributed by atoms with Gasteiger partial charge in [0.2, 0.25) is 0 Å². The monoisotopic (exact) mass is 156 g/mol. The zero-order valence-corrected chi connectivity index (χ0v) is 6.63. The van der Waals surface area contributed by atoms with E-state index < -0.39 is 15.0 Å². The molecule has 0 unspecified atom stereocenters. The van der Waals surface area contributed by atoms with Crippen LogP contribution in [0.1, 0.15) is 1.43 Å². The molecule has 0 fully saturated rings. The third-order valence-corrected chi connectivity index (χ3v) is 0. The Bertz CT molecular complexity index is 15.5. The fraction of sp³-hybridized carbons (Fsp3) is 0. The summed E-state index contributed by atoms with van der Waals surface area (Å²) in [4.78, 5) is 0. The first-order valence-corrected chi connectivity index (χ1v) is 1.56. The Kier molecular flexibility index (Phi) is 11.9. The largest absolute Gasteiger partial charge is 1.00 e. The summed E-state index contributed by atoms with van der Waals surface area (Å²) in [7, 11) is 0. The molecule has 0 saturated carbocycles. The second kappa shape index (κ2) is 5.93. The molecule has 32 valence electrons. The van der Waals surface area contributed by atoms with Crippen LogP contribution in [-0.2, 0) is 15.0 Å². The molecule has 5 heavy (non-hydrogen) atoms. The molecule has 0 N–H and O–H groups in total. The summed E-state index contributed by atoms with van der Waals surface area (Å²) >= 11 is -4.10. The number of hydrogen-bond acceptors (Lipinski definition) is 0. The molecule has 0 spiro atoms. The Labute approximate surface area is 77.1 Å². The van der Waals surface area contributed by atoms with Crippen molar-refractivity contribution in [1.29, 1.82) is 0 Å². The first-order chi connectivity index (χ1) is 1.73. The van der Waals surface area contributed by atoms with Gasteiger partial charge < -0.3 is 1.43 Å². The second-order valence-corrected chi connectivity index (χ2v) is 0.589. The first-order valence-electron chi connectivity index (χ1n) is 0.378. The Morgan fingerprint density at radius 2 is 1.20 bits per heavy atom. The summed E-state index contributed by atoms with van der Waals surface area (Å²) in [5.74, 6) is 0. The molecule has 0 bridgehead atoms. The molecule has 0 nitrogen and oxygen atoms in total. The van der Waals surface area contributed by atoms with Gasteiger partial charge in [0.25, 0.3) is 0 Å². The average Bonchev–Trinajstić information content (AvgIpc) is 0.811. The Balaban J connectivity index is -0.0000000450. The van der Waals surface area contributed by atoms with Crippen LogP contribution in [0.5, 0.6) is 0 Å². The molecule has 0 atom stereocenters. The summed E-state index contributed by atoms with van der Waals surface area (Å²) in [6.07, 6.45) is 0. The summed E-state index contributed by atoms with van der Waals surface area (Å²) in [6.45, 7) is 0. The van der Waals surface area contributed by atoms with Crippen molar-refractivity contribution in [2.24, 2.45) is 0 Å². The van der Waals surface area contributed by atoms with Gasteiger partial charge in [-0.1, -0.05) is 0 Å². The first kappa shape index (κ1) is 10.0. The Morgan fingerprint density at radius 1 is 1.20 bits per heavy atom. The minimum atomic E-state index is -4.10. The van der Waals surface area contributed by atoms with Gasteiger partial charge in [0.05, 0.1) is 0 Å². The smallest absolute Gasteiger partial charge is 1.00 e. The molecule has 0 aromatic rings. The van der Waals surface area contributed by atoms with Crippen LogP contribution < -0.4 is 51.4 Å². The van der Waals surface area contributed by atoms with E-state index in [-0.39, 0.29) is 52.8 Å². The van der Waals surface area contributed by atoms with Crippen molar-refractivity contribution in [1.82, 2.24) is 0 Å². The van der Waals surface area contributed by atoms with Gasteiger partial charge in [-0.3, -0.25) is 0 Å². The van der Waals surface area contributed by atoms with Gasteiger partial charge >= 0.3 is 77.1 Å². The van der Waals surface area contributed by atoms with Gasteiger partial charge in [-0.05, 0) is 0 Å². The molecule has 0 amide bonds. The maximum Gasteiger partial charge on any atom is 1.00 e. The van der Waals surface area contributed by atoms with Crippen molar-refractivity contribution < 1.29 is 78.6 Å². The molecule has 5 heteroatoms. The quantitative estimate of drug-likeness (QED) is 0.369. The topological polar surface area (TPSA) is 0 Å². The van der Waals surface area contributed by atoms with Gasteiger partial charge in [-0.15, -0.1) is 0 Å². The summed E-state index contributed by atoms with van der Waals surface area (Å²) in [5, 5.41) is 0. The van der Waals surface area contributed by atoms with Crippen LogP contribution in [-0.4, -0.2) is 0 Å². The number of halogens is 3. The summed E-state index contributed by atoms with van der Waals surface area (Å²) in [5.41, 5.74) is 0. The molecule has 0 saturated heterocycles. The van der Waals surface area contributed by atoms with E-state index in [0.717, 1.165) is 0 Å². The van der Waals surface area contributed by atoms with E-state index in [0.29, 0.717) is 0 Å². The van der Waals surface area contributed by atoms with Crippen LogP contribution in [0, 0.1) is 0 Å². The molecule has 0 aromatic carbocycles. The van der Waals surface area contributed by atoms with E-state index >= 15 is 0 Å². The van der Waals surface area contributed by atoms with E-state index in [1.165, 1.54) is 0 Å². The van der Waals surface area contributed by atoms with Gasteiger partial charge in [0.15, 0.2) is 0 Å². The van der Waals surface area contributed by atoms with E-state index in [9.17, 15) is 10.7 Å². The number of hydrogen-bond donors (Lipinski definition) is 0. The SMILES string of the molecule is [F][Co]([F])[F].[H-].[K+]. The van der Waals surface area contributed by atoms with E-state index in [4.69, 9.17) is 0 Å². The van der Waals surface area contributed by atoms with Crippen LogP contribution in [0.2, 0.25) is 0 Å². The van der Waals surface area contributed by atoms with E-state index in [2.05, 4.69) is 0 Å². The molecule has 0 aromatic heterocycles. The van der Waals surface area contributed by atoms with Crippen LogP contribution in [0.4, 0.5) is 10.7 Å². The van der Waals surface area contributed by atoms with E-state index in [1.807, 2.05) is 0 Å². The Morgan fingerprint density at radius 3 is 1.20 bits per heavy atom. The normalized spacial score (nSPS) is 9.00. The van der Waals surface area contributed by atoms with Crippen LogP contribution >= 0.6 is 0 Å². The zero-order chi connectivity index (χ0) is 3.58. The van der Waals surface area contributed by atoms with Crippen LogP contribution in [0.3, 0.4) is 0 Å². The predicted molar refractivity (Wildman–Crippen MR) is 4.44 cm³/mol. The standard InChI is InChI=1S/Co.3FH.K.H/h;3*1H;;/q+3;;;;+1;-1/p-3. The molecule has 0 aliphatic rings. The Hall–Kier alpha value is 1.93. The van der Waals surface area contributed by atoms with Crippen molar-refractivity contribution >= 4 is 0 Å². The van der Waals surface area contributed by atoms with Gasteiger partial charge in [-0.25, -0.2) is 0 Å². The van der Waals surface area contributed by atoms with Crippen LogP contribution in [0.15, 0.2) is 0 Å². The zero-order valence-electron chi connectivity index (χ0n) is 3.47. The third-order valence-electron chi connectivity index (χ3n) is 0. The maximum atomic E-state index is 9.73. The molecular weight excluding hydrogens is 155 g/mol. The second-order valence-electron chi connectivity index (χ2n) is 0.143. The predicted octanol–water partition coefficient (Wildman–Crippen LogP) is -1.63. The molecule has 0 radical (unpaired) electrons. The van der Waals surface area contributed by atoms with Crippen molar-refractivity contribution in [2.45, 2.75) is 0 Å². The molecule has 0 aliphatic heterocycles. The molecular formula is HCoF3K. The fourth-order valence-electron chi connectivity index (χ4n) is 0. The van der Waals surface area contributed by atoms with Crippen LogP contribution in [0.25, 0.3) is 0 Å². The summed E-state index contributed by atoms with van der Waals surface area (Å²) in [6, 6.07) is 0. The van der Waals surface area contributed by atoms with Crippen molar-refractivity contribution in [3.05, 3.63) is 0 Å². The minimum Gasteiger partial charge on any atom is -1.00 e. The minimum absolute atomic E-state index is 0. The molecule has 0 heterocycles. The average molecular weight is 156 g/mol. The van der Waals surface area contributed by atoms with Gasteiger partial charge in [0, 0.05) is 0 Å². The summed E-state index contributed by atoms with van der Waals surface area (Å²) < 4.78 is 29.2. The number of rotatable bonds is 0. The third kappa shape index (κ3) is 24.6. The molecule has 0 rings (SSSR count). The molecule has 0 aliphatic carbocycles. The van der Waals surface area contributed by atoms with Gasteiger partial charge in [-0.2, -0.15) is 0 Å². The fourth-order valence-corrected chi connectivity index (χ4v) is 0. The van der Waals surface area contributed by atoms with Crippen molar-refractivity contribution in [3.8, 4) is 0 Å². The van der Waals surface area contributed by atoms with Crippen molar-refractivity contribution in [3.63, 3.8) is 0 Å². The van der Waals surface area contributed by atoms with Gasteiger partial charge in [0.1, 0.15) is 0 Å².